The van der Waals surface area contributed by atoms with Gasteiger partial charge in [0.15, 0.2) is 0 Å². The first-order chi connectivity index (χ1) is 10.4. The van der Waals surface area contributed by atoms with Crippen LogP contribution in [0.15, 0.2) is 49.0 Å². The molecule has 0 saturated carbocycles. The molecule has 0 aliphatic carbocycles. The van der Waals surface area contributed by atoms with Crippen LogP contribution in [-0.4, -0.2) is 0 Å². The fraction of sp³-hybridized carbons (Fsp3) is 0.200. The molecule has 0 heterocycles. The number of aryl methyl sites for hydroxylation is 1. The van der Waals surface area contributed by atoms with Gasteiger partial charge in [-0.15, -0.1) is 0 Å². The number of benzene rings is 2. The van der Waals surface area contributed by atoms with E-state index >= 15 is 0 Å². The molecule has 0 aliphatic rings. The average Bonchev–Trinajstić information content (AvgIpc) is 2.52. The van der Waals surface area contributed by atoms with Crippen LogP contribution in [0.4, 0.5) is 8.78 Å². The van der Waals surface area contributed by atoms with Crippen LogP contribution in [0.2, 0.25) is 0 Å². The Morgan fingerprint density at radius 3 is 2.32 bits per heavy atom. The molecule has 2 aromatic carbocycles. The van der Waals surface area contributed by atoms with Crippen LogP contribution in [0, 0.1) is 0 Å². The van der Waals surface area contributed by atoms with Gasteiger partial charge < -0.3 is 0 Å². The summed E-state index contributed by atoms with van der Waals surface area (Å²) in [5.74, 6) is -2.82. The second-order valence-corrected chi connectivity index (χ2v) is 5.36. The predicted octanol–water partition coefficient (Wildman–Crippen LogP) is 6.17. The molecule has 0 saturated heterocycles. The Kier molecular flexibility index (Phi) is 4.92. The highest BCUT2D eigenvalue weighted by Gasteiger charge is 2.23. The monoisotopic (exact) mass is 298 g/mol. The summed E-state index contributed by atoms with van der Waals surface area (Å²) < 4.78 is 26.7. The molecule has 0 amide bonds. The minimum atomic E-state index is -2.82. The van der Waals surface area contributed by atoms with Crippen LogP contribution < -0.4 is 0 Å². The lowest BCUT2D eigenvalue weighted by Gasteiger charge is -2.10. The maximum atomic E-state index is 13.3. The first-order valence-electron chi connectivity index (χ1n) is 7.36. The normalized spacial score (nSPS) is 11.8. The van der Waals surface area contributed by atoms with Gasteiger partial charge in [-0.3, -0.25) is 0 Å². The van der Waals surface area contributed by atoms with Gasteiger partial charge in [-0.1, -0.05) is 62.1 Å². The third kappa shape index (κ3) is 3.91. The van der Waals surface area contributed by atoms with Gasteiger partial charge in [0, 0.05) is 12.5 Å². The number of rotatable bonds is 5. The zero-order chi connectivity index (χ0) is 16.2. The average molecular weight is 298 g/mol. The number of halogens is 2. The summed E-state index contributed by atoms with van der Waals surface area (Å²) in [7, 11) is 0. The van der Waals surface area contributed by atoms with Crippen LogP contribution in [0.1, 0.15) is 41.7 Å². The van der Waals surface area contributed by atoms with Crippen molar-refractivity contribution >= 4 is 18.2 Å². The van der Waals surface area contributed by atoms with E-state index in [2.05, 4.69) is 25.6 Å². The lowest BCUT2D eigenvalue weighted by molar-refractivity contribution is 0.0174. The molecule has 0 atom stereocenters. The molecule has 0 bridgehead atoms. The van der Waals surface area contributed by atoms with E-state index < -0.39 is 5.92 Å². The Morgan fingerprint density at radius 2 is 1.73 bits per heavy atom. The fourth-order valence-electron chi connectivity index (χ4n) is 2.34. The summed E-state index contributed by atoms with van der Waals surface area (Å²) in [6.07, 6.45) is 6.58. The van der Waals surface area contributed by atoms with Crippen molar-refractivity contribution in [2.24, 2.45) is 0 Å². The van der Waals surface area contributed by atoms with E-state index in [9.17, 15) is 8.78 Å². The molecule has 0 spiro atoms. The van der Waals surface area contributed by atoms with Crippen molar-refractivity contribution < 1.29 is 8.78 Å². The predicted molar refractivity (Wildman–Crippen MR) is 90.8 cm³/mol. The zero-order valence-corrected chi connectivity index (χ0v) is 12.9. The van der Waals surface area contributed by atoms with Crippen molar-refractivity contribution in [1.29, 1.82) is 0 Å². The molecule has 0 aliphatic heterocycles. The quantitative estimate of drug-likeness (QED) is 0.579. The maximum absolute atomic E-state index is 13.3. The summed E-state index contributed by atoms with van der Waals surface area (Å²) in [5.41, 5.74) is 4.18. The standard InChI is InChI=1S/C20H20F2/c1-4-17-12-11-16(13-18(17)5-2)10-9-15-7-6-8-19(14-15)20(3,21)22/h5-14H,2,4H2,1,3H3/b10-9+. The minimum Gasteiger partial charge on any atom is -0.202 e. The third-order valence-corrected chi connectivity index (χ3v) is 3.63. The number of hydrogen-bond donors (Lipinski definition) is 0. The molecule has 22 heavy (non-hydrogen) atoms. The van der Waals surface area contributed by atoms with E-state index in [0.717, 1.165) is 30.0 Å². The minimum absolute atomic E-state index is 0.0303. The van der Waals surface area contributed by atoms with Crippen LogP contribution in [-0.2, 0) is 12.3 Å². The SMILES string of the molecule is C=Cc1cc(/C=C/c2cccc(C(C)(F)F)c2)ccc1CC. The lowest BCUT2D eigenvalue weighted by Crippen LogP contribution is -2.06. The maximum Gasteiger partial charge on any atom is 0.270 e. The second kappa shape index (κ2) is 6.69. The molecular formula is C20H20F2. The Bertz CT molecular complexity index is 691. The molecule has 0 N–H and O–H groups in total. The molecule has 0 fully saturated rings. The highest BCUT2D eigenvalue weighted by molar-refractivity contribution is 5.71. The molecule has 2 rings (SSSR count). The second-order valence-electron chi connectivity index (χ2n) is 5.36. The van der Waals surface area contributed by atoms with Crippen molar-refractivity contribution in [3.63, 3.8) is 0 Å². The van der Waals surface area contributed by atoms with E-state index in [1.54, 1.807) is 6.07 Å². The van der Waals surface area contributed by atoms with Crippen molar-refractivity contribution in [2.75, 3.05) is 0 Å². The zero-order valence-electron chi connectivity index (χ0n) is 12.9. The summed E-state index contributed by atoms with van der Waals surface area (Å²) in [4.78, 5) is 0. The van der Waals surface area contributed by atoms with Crippen molar-refractivity contribution in [3.05, 3.63) is 76.9 Å². The Labute approximate surface area is 130 Å². The topological polar surface area (TPSA) is 0 Å². The van der Waals surface area contributed by atoms with Gasteiger partial charge in [0.2, 0.25) is 0 Å². The molecule has 0 unspecified atom stereocenters. The van der Waals surface area contributed by atoms with Gasteiger partial charge in [-0.05, 0) is 40.8 Å². The molecule has 0 nitrogen and oxygen atoms in total. The van der Waals surface area contributed by atoms with Crippen LogP contribution in [0.25, 0.3) is 18.2 Å². The van der Waals surface area contributed by atoms with Gasteiger partial charge in [0.05, 0.1) is 0 Å². The summed E-state index contributed by atoms with van der Waals surface area (Å²) in [6.45, 7) is 6.85. The third-order valence-electron chi connectivity index (χ3n) is 3.63. The van der Waals surface area contributed by atoms with E-state index in [0.29, 0.717) is 0 Å². The van der Waals surface area contributed by atoms with E-state index in [1.165, 1.54) is 17.7 Å². The molecule has 114 valence electrons. The summed E-state index contributed by atoms with van der Waals surface area (Å²) in [5, 5.41) is 0. The molecule has 2 heteroatoms. The van der Waals surface area contributed by atoms with E-state index in [-0.39, 0.29) is 5.56 Å². The highest BCUT2D eigenvalue weighted by Crippen LogP contribution is 2.27. The van der Waals surface area contributed by atoms with Crippen LogP contribution in [0.5, 0.6) is 0 Å². The summed E-state index contributed by atoms with van der Waals surface area (Å²) in [6, 6.07) is 12.6. The van der Waals surface area contributed by atoms with E-state index in [4.69, 9.17) is 0 Å². The molecular weight excluding hydrogens is 278 g/mol. The summed E-state index contributed by atoms with van der Waals surface area (Å²) >= 11 is 0. The smallest absolute Gasteiger partial charge is 0.202 e. The lowest BCUT2D eigenvalue weighted by atomic mass is 10.0. The van der Waals surface area contributed by atoms with Crippen LogP contribution in [0.3, 0.4) is 0 Å². The Morgan fingerprint density at radius 1 is 1.05 bits per heavy atom. The molecule has 0 radical (unpaired) electrons. The first-order valence-corrected chi connectivity index (χ1v) is 7.36. The van der Waals surface area contributed by atoms with Crippen molar-refractivity contribution in [2.45, 2.75) is 26.2 Å². The molecule has 2 aromatic rings. The Hall–Kier alpha value is -2.22. The highest BCUT2D eigenvalue weighted by atomic mass is 19.3. The fourth-order valence-corrected chi connectivity index (χ4v) is 2.34. The number of alkyl halides is 2. The van der Waals surface area contributed by atoms with E-state index in [1.807, 2.05) is 30.4 Å². The molecule has 0 aromatic heterocycles. The first kappa shape index (κ1) is 16.2. The van der Waals surface area contributed by atoms with Gasteiger partial charge in [0.1, 0.15) is 0 Å². The largest absolute Gasteiger partial charge is 0.270 e. The van der Waals surface area contributed by atoms with Gasteiger partial charge in [-0.25, -0.2) is 8.78 Å². The van der Waals surface area contributed by atoms with Crippen molar-refractivity contribution in [3.8, 4) is 0 Å². The van der Waals surface area contributed by atoms with Gasteiger partial charge in [-0.2, -0.15) is 0 Å². The van der Waals surface area contributed by atoms with Crippen molar-refractivity contribution in [1.82, 2.24) is 0 Å². The van der Waals surface area contributed by atoms with Gasteiger partial charge >= 0.3 is 0 Å². The van der Waals surface area contributed by atoms with Gasteiger partial charge in [0.25, 0.3) is 5.92 Å². The number of hydrogen-bond acceptors (Lipinski definition) is 0. The Balaban J connectivity index is 2.27. The van der Waals surface area contributed by atoms with Crippen LogP contribution >= 0.6 is 0 Å².